The Morgan fingerprint density at radius 2 is 2.06 bits per heavy atom. The third-order valence-electron chi connectivity index (χ3n) is 6.34. The molecule has 3 aliphatic carbocycles. The van der Waals surface area contributed by atoms with Crippen LogP contribution in [0.1, 0.15) is 52.9 Å². The molecule has 0 amide bonds. The maximum Gasteiger partial charge on any atom is 0.331 e. The van der Waals surface area contributed by atoms with Gasteiger partial charge in [0, 0.05) is 11.0 Å². The molecule has 2 fully saturated rings. The van der Waals surface area contributed by atoms with Crippen LogP contribution in [-0.2, 0) is 4.79 Å². The second-order valence-electron chi connectivity index (χ2n) is 6.83. The van der Waals surface area contributed by atoms with Crippen LogP contribution in [0.15, 0.2) is 11.1 Å². The summed E-state index contributed by atoms with van der Waals surface area (Å²) in [4.78, 5) is 11.4. The zero-order valence-corrected chi connectivity index (χ0v) is 11.0. The Labute approximate surface area is 103 Å². The molecule has 2 heteroatoms. The van der Waals surface area contributed by atoms with E-state index in [2.05, 4.69) is 20.8 Å². The number of carboxylic acid groups (broad SMARTS) is 1. The van der Waals surface area contributed by atoms with E-state index in [4.69, 9.17) is 0 Å². The predicted octanol–water partition coefficient (Wildman–Crippen LogP) is 3.62. The summed E-state index contributed by atoms with van der Waals surface area (Å²) in [6, 6.07) is 0. The van der Waals surface area contributed by atoms with Crippen molar-refractivity contribution in [1.29, 1.82) is 0 Å². The molecule has 0 saturated heterocycles. The normalized spacial score (nSPS) is 42.8. The number of carbonyl (C=O) groups is 1. The van der Waals surface area contributed by atoms with Gasteiger partial charge in [-0.25, -0.2) is 4.79 Å². The molecule has 0 heterocycles. The van der Waals surface area contributed by atoms with Gasteiger partial charge in [-0.3, -0.25) is 0 Å². The average Bonchev–Trinajstić information content (AvgIpc) is 2.65. The van der Waals surface area contributed by atoms with Crippen molar-refractivity contribution in [3.8, 4) is 0 Å². The number of carboxylic acids is 1. The minimum atomic E-state index is -0.660. The van der Waals surface area contributed by atoms with Crippen LogP contribution in [0.3, 0.4) is 0 Å². The zero-order valence-electron chi connectivity index (χ0n) is 11.0. The first-order valence-corrected chi connectivity index (χ1v) is 6.87. The molecule has 0 aromatic carbocycles. The first kappa shape index (κ1) is 11.3. The summed E-state index contributed by atoms with van der Waals surface area (Å²) in [6.07, 6.45) is 5.50. The van der Waals surface area contributed by atoms with Crippen molar-refractivity contribution in [1.82, 2.24) is 0 Å². The molecule has 2 nitrogen and oxygen atoms in total. The fraction of sp³-hybridized carbons (Fsp3) is 0.800. The molecule has 2 bridgehead atoms. The van der Waals surface area contributed by atoms with Gasteiger partial charge in [0.25, 0.3) is 0 Å². The molecule has 3 aliphatic rings. The van der Waals surface area contributed by atoms with Gasteiger partial charge in [0.2, 0.25) is 0 Å². The minimum Gasteiger partial charge on any atom is -0.478 e. The molecule has 0 aromatic heterocycles. The van der Waals surface area contributed by atoms with Gasteiger partial charge in [-0.15, -0.1) is 0 Å². The van der Waals surface area contributed by atoms with Crippen LogP contribution in [0.5, 0.6) is 0 Å². The molecule has 94 valence electrons. The zero-order chi connectivity index (χ0) is 12.4. The van der Waals surface area contributed by atoms with Gasteiger partial charge < -0.3 is 5.11 Å². The quantitative estimate of drug-likeness (QED) is 0.752. The summed E-state index contributed by atoms with van der Waals surface area (Å²) < 4.78 is 0. The lowest BCUT2D eigenvalue weighted by atomic mass is 9.53. The standard InChI is InChI=1S/C15H22O2/c1-9-4-5-10-8-12-11(13(16)17)6-7-15(9,12)14(10,2)3/h9-10H,4-8H2,1-3H3,(H,16,17)/t9-,10+,15+/m1/s1. The molecule has 2 saturated carbocycles. The van der Waals surface area contributed by atoms with Gasteiger partial charge in [-0.2, -0.15) is 0 Å². The van der Waals surface area contributed by atoms with Gasteiger partial charge in [-0.1, -0.05) is 26.3 Å². The molecule has 3 rings (SSSR count). The van der Waals surface area contributed by atoms with Crippen LogP contribution >= 0.6 is 0 Å². The van der Waals surface area contributed by atoms with E-state index in [0.717, 1.165) is 24.8 Å². The number of hydrogen-bond donors (Lipinski definition) is 1. The number of rotatable bonds is 1. The molecule has 0 aromatic rings. The number of fused-ring (bicyclic) bond motifs is 1. The summed E-state index contributed by atoms with van der Waals surface area (Å²) in [5, 5.41) is 9.38. The van der Waals surface area contributed by atoms with Gasteiger partial charge >= 0.3 is 5.97 Å². The minimum absolute atomic E-state index is 0.212. The second-order valence-corrected chi connectivity index (χ2v) is 6.83. The monoisotopic (exact) mass is 234 g/mol. The van der Waals surface area contributed by atoms with Gasteiger partial charge in [-0.05, 0) is 49.4 Å². The van der Waals surface area contributed by atoms with Crippen molar-refractivity contribution in [2.75, 3.05) is 0 Å². The lowest BCUT2D eigenvalue weighted by Gasteiger charge is -2.51. The van der Waals surface area contributed by atoms with E-state index in [0.29, 0.717) is 17.3 Å². The average molecular weight is 234 g/mol. The van der Waals surface area contributed by atoms with Crippen LogP contribution in [0.25, 0.3) is 0 Å². The van der Waals surface area contributed by atoms with Crippen molar-refractivity contribution in [3.63, 3.8) is 0 Å². The molecule has 0 unspecified atom stereocenters. The van der Waals surface area contributed by atoms with E-state index in [-0.39, 0.29) is 5.41 Å². The first-order chi connectivity index (χ1) is 7.91. The summed E-state index contributed by atoms with van der Waals surface area (Å²) in [5.74, 6) is 0.707. The molecule has 17 heavy (non-hydrogen) atoms. The van der Waals surface area contributed by atoms with E-state index in [1.807, 2.05) is 0 Å². The van der Waals surface area contributed by atoms with Crippen LogP contribution in [0.2, 0.25) is 0 Å². The molecular formula is C15H22O2. The predicted molar refractivity (Wildman–Crippen MR) is 66.6 cm³/mol. The van der Waals surface area contributed by atoms with E-state index in [1.54, 1.807) is 0 Å². The lowest BCUT2D eigenvalue weighted by Crippen LogP contribution is -2.44. The van der Waals surface area contributed by atoms with Gasteiger partial charge in [0.1, 0.15) is 0 Å². The number of hydrogen-bond acceptors (Lipinski definition) is 1. The van der Waals surface area contributed by atoms with E-state index < -0.39 is 5.97 Å². The maximum atomic E-state index is 11.4. The largest absolute Gasteiger partial charge is 0.478 e. The van der Waals surface area contributed by atoms with Crippen molar-refractivity contribution in [3.05, 3.63) is 11.1 Å². The molecular weight excluding hydrogens is 212 g/mol. The third-order valence-corrected chi connectivity index (χ3v) is 6.34. The van der Waals surface area contributed by atoms with E-state index >= 15 is 0 Å². The smallest absolute Gasteiger partial charge is 0.331 e. The maximum absolute atomic E-state index is 11.4. The summed E-state index contributed by atoms with van der Waals surface area (Å²) in [6.45, 7) is 7.10. The topological polar surface area (TPSA) is 37.3 Å². The molecule has 3 atom stereocenters. The molecule has 0 aliphatic heterocycles. The van der Waals surface area contributed by atoms with Crippen LogP contribution in [0.4, 0.5) is 0 Å². The molecule has 0 radical (unpaired) electrons. The van der Waals surface area contributed by atoms with Crippen LogP contribution < -0.4 is 0 Å². The van der Waals surface area contributed by atoms with E-state index in [9.17, 15) is 9.90 Å². The Bertz CT molecular complexity index is 419. The number of allylic oxidation sites excluding steroid dienone is 1. The highest BCUT2D eigenvalue weighted by molar-refractivity contribution is 5.89. The Balaban J connectivity index is 2.20. The Kier molecular flexibility index (Phi) is 2.10. The SMILES string of the molecule is C[C@@H]1CC[C@H]2CC3=C(C(=O)O)CC[C@@]31C2(C)C. The highest BCUT2D eigenvalue weighted by atomic mass is 16.4. The second kappa shape index (κ2) is 3.15. The summed E-state index contributed by atoms with van der Waals surface area (Å²) in [5.41, 5.74) is 2.60. The first-order valence-electron chi connectivity index (χ1n) is 6.87. The van der Waals surface area contributed by atoms with Crippen LogP contribution in [0, 0.1) is 22.7 Å². The van der Waals surface area contributed by atoms with Gasteiger partial charge in [0.05, 0.1) is 0 Å². The fourth-order valence-corrected chi connectivity index (χ4v) is 5.35. The Hall–Kier alpha value is -0.790. The van der Waals surface area contributed by atoms with E-state index in [1.165, 1.54) is 18.4 Å². The highest BCUT2D eigenvalue weighted by Gasteiger charge is 2.64. The highest BCUT2D eigenvalue weighted by Crippen LogP contribution is 2.72. The number of aliphatic carboxylic acids is 1. The molecule has 1 N–H and O–H groups in total. The Morgan fingerprint density at radius 1 is 1.35 bits per heavy atom. The van der Waals surface area contributed by atoms with Gasteiger partial charge in [0.15, 0.2) is 0 Å². The van der Waals surface area contributed by atoms with Crippen molar-refractivity contribution in [2.45, 2.75) is 52.9 Å². The fourth-order valence-electron chi connectivity index (χ4n) is 5.35. The van der Waals surface area contributed by atoms with Crippen molar-refractivity contribution >= 4 is 5.97 Å². The van der Waals surface area contributed by atoms with Crippen LogP contribution in [-0.4, -0.2) is 11.1 Å². The lowest BCUT2D eigenvalue weighted by molar-refractivity contribution is -0.132. The van der Waals surface area contributed by atoms with Crippen molar-refractivity contribution in [2.24, 2.45) is 22.7 Å². The summed E-state index contributed by atoms with van der Waals surface area (Å²) in [7, 11) is 0. The summed E-state index contributed by atoms with van der Waals surface area (Å²) >= 11 is 0. The van der Waals surface area contributed by atoms with Crippen molar-refractivity contribution < 1.29 is 9.90 Å². The molecule has 1 spiro atoms. The third kappa shape index (κ3) is 1.10. The Morgan fingerprint density at radius 3 is 2.71 bits per heavy atom.